The lowest BCUT2D eigenvalue weighted by atomic mass is 10.3. The molecule has 1 fully saturated rings. The SMILES string of the molecule is C=CCN(c1cnc(CNC2CC2)cn1)C(C)C. The molecule has 1 aromatic heterocycles. The van der Waals surface area contributed by atoms with E-state index in [1.807, 2.05) is 18.5 Å². The average Bonchev–Trinajstić information content (AvgIpc) is 3.18. The molecule has 0 unspecified atom stereocenters. The van der Waals surface area contributed by atoms with E-state index in [1.165, 1.54) is 12.8 Å². The average molecular weight is 246 g/mol. The molecule has 0 radical (unpaired) electrons. The molecule has 1 aliphatic carbocycles. The monoisotopic (exact) mass is 246 g/mol. The molecule has 1 N–H and O–H groups in total. The van der Waals surface area contributed by atoms with E-state index in [9.17, 15) is 0 Å². The zero-order valence-corrected chi connectivity index (χ0v) is 11.3. The van der Waals surface area contributed by atoms with Gasteiger partial charge in [-0.25, -0.2) is 4.98 Å². The summed E-state index contributed by atoms with van der Waals surface area (Å²) >= 11 is 0. The van der Waals surface area contributed by atoms with E-state index in [2.05, 4.69) is 40.6 Å². The Morgan fingerprint density at radius 2 is 2.22 bits per heavy atom. The summed E-state index contributed by atoms with van der Waals surface area (Å²) in [5, 5.41) is 3.44. The van der Waals surface area contributed by atoms with E-state index >= 15 is 0 Å². The minimum absolute atomic E-state index is 0.396. The lowest BCUT2D eigenvalue weighted by Gasteiger charge is -2.26. The van der Waals surface area contributed by atoms with Crippen LogP contribution in [0.25, 0.3) is 0 Å². The number of aromatic nitrogens is 2. The fourth-order valence-electron chi connectivity index (χ4n) is 1.83. The van der Waals surface area contributed by atoms with E-state index in [0.29, 0.717) is 12.1 Å². The van der Waals surface area contributed by atoms with Gasteiger partial charge in [-0.05, 0) is 26.7 Å². The maximum atomic E-state index is 4.49. The van der Waals surface area contributed by atoms with Crippen LogP contribution in [0.15, 0.2) is 25.0 Å². The van der Waals surface area contributed by atoms with E-state index in [0.717, 1.165) is 24.6 Å². The van der Waals surface area contributed by atoms with Crippen LogP contribution in [0.5, 0.6) is 0 Å². The van der Waals surface area contributed by atoms with E-state index < -0.39 is 0 Å². The summed E-state index contributed by atoms with van der Waals surface area (Å²) in [6, 6.07) is 1.10. The van der Waals surface area contributed by atoms with Crippen molar-refractivity contribution in [2.75, 3.05) is 11.4 Å². The Morgan fingerprint density at radius 3 is 2.72 bits per heavy atom. The van der Waals surface area contributed by atoms with E-state index in [-0.39, 0.29) is 0 Å². The second-order valence-corrected chi connectivity index (χ2v) is 5.06. The molecule has 0 saturated heterocycles. The first-order valence-electron chi connectivity index (χ1n) is 6.62. The number of rotatable bonds is 7. The van der Waals surface area contributed by atoms with Crippen molar-refractivity contribution in [1.29, 1.82) is 0 Å². The topological polar surface area (TPSA) is 41.1 Å². The van der Waals surface area contributed by atoms with Gasteiger partial charge in [0.1, 0.15) is 5.82 Å². The second kappa shape index (κ2) is 5.96. The van der Waals surface area contributed by atoms with Crippen molar-refractivity contribution in [3.63, 3.8) is 0 Å². The first-order valence-corrected chi connectivity index (χ1v) is 6.62. The van der Waals surface area contributed by atoms with Crippen LogP contribution >= 0.6 is 0 Å². The fraction of sp³-hybridized carbons (Fsp3) is 0.571. The fourth-order valence-corrected chi connectivity index (χ4v) is 1.83. The van der Waals surface area contributed by atoms with Crippen LogP contribution in [0, 0.1) is 0 Å². The highest BCUT2D eigenvalue weighted by Crippen LogP contribution is 2.19. The quantitative estimate of drug-likeness (QED) is 0.748. The van der Waals surface area contributed by atoms with Crippen LogP contribution in [0.1, 0.15) is 32.4 Å². The molecule has 0 aliphatic heterocycles. The highest BCUT2D eigenvalue weighted by atomic mass is 15.2. The smallest absolute Gasteiger partial charge is 0.147 e. The van der Waals surface area contributed by atoms with E-state index in [4.69, 9.17) is 0 Å². The van der Waals surface area contributed by atoms with Gasteiger partial charge in [-0.2, -0.15) is 0 Å². The molecule has 18 heavy (non-hydrogen) atoms. The van der Waals surface area contributed by atoms with Gasteiger partial charge in [0, 0.05) is 25.2 Å². The highest BCUT2D eigenvalue weighted by molar-refractivity contribution is 5.37. The molecule has 1 saturated carbocycles. The van der Waals surface area contributed by atoms with Crippen molar-refractivity contribution < 1.29 is 0 Å². The van der Waals surface area contributed by atoms with Crippen molar-refractivity contribution in [3.8, 4) is 0 Å². The minimum atomic E-state index is 0.396. The van der Waals surface area contributed by atoms with Crippen molar-refractivity contribution in [1.82, 2.24) is 15.3 Å². The van der Waals surface area contributed by atoms with E-state index in [1.54, 1.807) is 0 Å². The number of nitrogens with zero attached hydrogens (tertiary/aromatic N) is 3. The van der Waals surface area contributed by atoms with Crippen LogP contribution in [-0.2, 0) is 6.54 Å². The highest BCUT2D eigenvalue weighted by Gasteiger charge is 2.20. The van der Waals surface area contributed by atoms with Gasteiger partial charge in [0.25, 0.3) is 0 Å². The van der Waals surface area contributed by atoms with Gasteiger partial charge in [0.2, 0.25) is 0 Å². The molecular formula is C14H22N4. The molecule has 0 atom stereocenters. The van der Waals surface area contributed by atoms with Crippen molar-refractivity contribution >= 4 is 5.82 Å². The van der Waals surface area contributed by atoms with Crippen molar-refractivity contribution in [2.45, 2.75) is 45.3 Å². The summed E-state index contributed by atoms with van der Waals surface area (Å²) in [5.41, 5.74) is 1.01. The van der Waals surface area contributed by atoms with Gasteiger partial charge < -0.3 is 10.2 Å². The molecule has 0 bridgehead atoms. The number of anilines is 1. The first-order chi connectivity index (χ1) is 8.70. The molecule has 98 valence electrons. The Labute approximate surface area is 109 Å². The molecule has 0 spiro atoms. The summed E-state index contributed by atoms with van der Waals surface area (Å²) in [4.78, 5) is 11.1. The Balaban J connectivity index is 1.97. The van der Waals surface area contributed by atoms with Gasteiger partial charge in [-0.15, -0.1) is 6.58 Å². The zero-order valence-electron chi connectivity index (χ0n) is 11.3. The Bertz CT molecular complexity index is 381. The third-order valence-corrected chi connectivity index (χ3v) is 3.08. The van der Waals surface area contributed by atoms with Crippen LogP contribution in [0.3, 0.4) is 0 Å². The molecule has 1 aliphatic rings. The zero-order chi connectivity index (χ0) is 13.0. The molecule has 0 aromatic carbocycles. The molecule has 0 amide bonds. The number of hydrogen-bond acceptors (Lipinski definition) is 4. The van der Waals surface area contributed by atoms with Crippen LogP contribution in [-0.4, -0.2) is 28.6 Å². The maximum absolute atomic E-state index is 4.49. The summed E-state index contributed by atoms with van der Waals surface area (Å²) in [5.74, 6) is 0.917. The molecule has 4 heteroatoms. The lowest BCUT2D eigenvalue weighted by molar-refractivity contribution is 0.667. The van der Waals surface area contributed by atoms with Gasteiger partial charge in [-0.1, -0.05) is 6.08 Å². The number of nitrogens with one attached hydrogen (secondary N) is 1. The second-order valence-electron chi connectivity index (χ2n) is 5.06. The molecule has 1 aromatic rings. The maximum Gasteiger partial charge on any atom is 0.147 e. The predicted molar refractivity (Wildman–Crippen MR) is 74.6 cm³/mol. The standard InChI is InChI=1S/C14H22N4/c1-4-7-18(11(2)3)14-10-16-13(9-17-14)8-15-12-5-6-12/h4,9-12,15H,1,5-8H2,2-3H3. The van der Waals surface area contributed by atoms with Crippen molar-refractivity contribution in [3.05, 3.63) is 30.7 Å². The molecule has 2 rings (SSSR count). The van der Waals surface area contributed by atoms with Crippen LogP contribution < -0.4 is 10.2 Å². The van der Waals surface area contributed by atoms with Gasteiger partial charge in [-0.3, -0.25) is 4.98 Å². The van der Waals surface area contributed by atoms with Crippen molar-refractivity contribution in [2.24, 2.45) is 0 Å². The molecule has 4 nitrogen and oxygen atoms in total. The van der Waals surface area contributed by atoms with Gasteiger partial charge in [0.15, 0.2) is 0 Å². The van der Waals surface area contributed by atoms with Gasteiger partial charge >= 0.3 is 0 Å². The Morgan fingerprint density at radius 1 is 1.44 bits per heavy atom. The molecule has 1 heterocycles. The largest absolute Gasteiger partial charge is 0.349 e. The Hall–Kier alpha value is -1.42. The summed E-state index contributed by atoms with van der Waals surface area (Å²) in [6.07, 6.45) is 8.21. The predicted octanol–water partition coefficient (Wildman–Crippen LogP) is 2.13. The first kappa shape index (κ1) is 13.0. The summed E-state index contributed by atoms with van der Waals surface area (Å²) in [7, 11) is 0. The van der Waals surface area contributed by atoms with Crippen LogP contribution in [0.4, 0.5) is 5.82 Å². The minimum Gasteiger partial charge on any atom is -0.349 e. The number of hydrogen-bond donors (Lipinski definition) is 1. The van der Waals surface area contributed by atoms with Crippen LogP contribution in [0.2, 0.25) is 0 Å². The third-order valence-electron chi connectivity index (χ3n) is 3.08. The Kier molecular flexibility index (Phi) is 4.31. The summed E-state index contributed by atoms with van der Waals surface area (Å²) in [6.45, 7) is 9.69. The molecular weight excluding hydrogens is 224 g/mol. The normalized spacial score (nSPS) is 14.8. The lowest BCUT2D eigenvalue weighted by Crippen LogP contribution is -2.31. The van der Waals surface area contributed by atoms with Gasteiger partial charge in [0.05, 0.1) is 18.1 Å². The summed E-state index contributed by atoms with van der Waals surface area (Å²) < 4.78 is 0. The third kappa shape index (κ3) is 3.53.